The molecule has 6 nitrogen and oxygen atoms in total. The molecule has 1 heterocycles. The first kappa shape index (κ1) is 15.6. The second kappa shape index (κ2) is 6.55. The minimum absolute atomic E-state index is 0.132. The van der Waals surface area contributed by atoms with Gasteiger partial charge in [-0.05, 0) is 53.7 Å². The molecule has 7 heteroatoms. The van der Waals surface area contributed by atoms with E-state index in [0.29, 0.717) is 11.8 Å². The van der Waals surface area contributed by atoms with E-state index in [1.165, 1.54) is 22.9 Å². The van der Waals surface area contributed by atoms with Gasteiger partial charge in [0.05, 0.1) is 17.8 Å². The van der Waals surface area contributed by atoms with Gasteiger partial charge < -0.3 is 4.90 Å². The Morgan fingerprint density at radius 1 is 1.33 bits per heavy atom. The van der Waals surface area contributed by atoms with Crippen LogP contribution in [0.5, 0.6) is 0 Å². The molecule has 1 aromatic carbocycles. The van der Waals surface area contributed by atoms with Crippen LogP contribution in [-0.2, 0) is 11.2 Å². The zero-order valence-corrected chi connectivity index (χ0v) is 14.6. The molecule has 1 atom stereocenters. The van der Waals surface area contributed by atoms with E-state index in [-0.39, 0.29) is 11.9 Å². The summed E-state index contributed by atoms with van der Waals surface area (Å²) in [7, 11) is 1.92. The molecule has 0 aliphatic heterocycles. The SMILES string of the molecule is CN(C(=O)CSc1nnnn1C1CC1)C1CCCc2ccccc21. The fraction of sp³-hybridized carbons (Fsp3) is 0.529. The van der Waals surface area contributed by atoms with Crippen LogP contribution in [0.3, 0.4) is 0 Å². The summed E-state index contributed by atoms with van der Waals surface area (Å²) in [5, 5.41) is 12.6. The van der Waals surface area contributed by atoms with E-state index in [0.717, 1.165) is 37.3 Å². The summed E-state index contributed by atoms with van der Waals surface area (Å²) in [5.41, 5.74) is 2.67. The highest BCUT2D eigenvalue weighted by Crippen LogP contribution is 2.37. The minimum Gasteiger partial charge on any atom is -0.338 e. The van der Waals surface area contributed by atoms with Crippen LogP contribution in [0.25, 0.3) is 0 Å². The molecule has 24 heavy (non-hydrogen) atoms. The number of rotatable bonds is 5. The normalized spacial score (nSPS) is 19.8. The van der Waals surface area contributed by atoms with Crippen LogP contribution in [-0.4, -0.2) is 43.8 Å². The number of hydrogen-bond acceptors (Lipinski definition) is 5. The maximum Gasteiger partial charge on any atom is 0.233 e. The largest absolute Gasteiger partial charge is 0.338 e. The Morgan fingerprint density at radius 2 is 2.17 bits per heavy atom. The van der Waals surface area contributed by atoms with Crippen molar-refractivity contribution >= 4 is 17.7 Å². The first-order valence-electron chi connectivity index (χ1n) is 8.48. The third-order valence-electron chi connectivity index (χ3n) is 4.88. The topological polar surface area (TPSA) is 63.9 Å². The van der Waals surface area contributed by atoms with Crippen molar-refractivity contribution < 1.29 is 4.79 Å². The summed E-state index contributed by atoms with van der Waals surface area (Å²) >= 11 is 1.44. The van der Waals surface area contributed by atoms with Gasteiger partial charge in [-0.25, -0.2) is 4.68 Å². The smallest absolute Gasteiger partial charge is 0.233 e. The standard InChI is InChI=1S/C17H21N5OS/c1-21(15-8-4-6-12-5-2-3-7-14(12)15)16(23)11-24-17-18-19-20-22(17)13-9-10-13/h2-3,5,7,13,15H,4,6,8-11H2,1H3. The molecule has 126 valence electrons. The number of thioether (sulfide) groups is 1. The summed E-state index contributed by atoms with van der Waals surface area (Å²) in [6.45, 7) is 0. The van der Waals surface area contributed by atoms with Gasteiger partial charge in [-0.2, -0.15) is 0 Å². The molecule has 0 saturated heterocycles. The summed E-state index contributed by atoms with van der Waals surface area (Å²) in [4.78, 5) is 14.6. The average Bonchev–Trinajstić information content (AvgIpc) is 3.36. The number of nitrogens with zero attached hydrogens (tertiary/aromatic N) is 5. The zero-order chi connectivity index (χ0) is 16.5. The number of tetrazole rings is 1. The van der Waals surface area contributed by atoms with Crippen LogP contribution in [0.2, 0.25) is 0 Å². The number of carbonyl (C=O) groups excluding carboxylic acids is 1. The number of carbonyl (C=O) groups is 1. The molecule has 1 aromatic heterocycles. The van der Waals surface area contributed by atoms with E-state index in [9.17, 15) is 4.79 Å². The lowest BCUT2D eigenvalue weighted by Gasteiger charge is -2.33. The quantitative estimate of drug-likeness (QED) is 0.781. The maximum atomic E-state index is 12.7. The second-order valence-corrected chi connectivity index (χ2v) is 7.48. The van der Waals surface area contributed by atoms with Crippen LogP contribution in [0, 0.1) is 0 Å². The minimum atomic E-state index is 0.132. The number of amides is 1. The van der Waals surface area contributed by atoms with Gasteiger partial charge in [-0.15, -0.1) is 5.10 Å². The van der Waals surface area contributed by atoms with Crippen LogP contribution in [0.15, 0.2) is 29.4 Å². The predicted molar refractivity (Wildman–Crippen MR) is 91.7 cm³/mol. The highest BCUT2D eigenvalue weighted by Gasteiger charge is 2.29. The molecule has 2 aliphatic rings. The van der Waals surface area contributed by atoms with Crippen molar-refractivity contribution in [2.24, 2.45) is 0 Å². The van der Waals surface area contributed by atoms with Crippen LogP contribution in [0.4, 0.5) is 0 Å². The van der Waals surface area contributed by atoms with E-state index in [4.69, 9.17) is 0 Å². The summed E-state index contributed by atoms with van der Waals surface area (Å²) in [5.74, 6) is 0.509. The zero-order valence-electron chi connectivity index (χ0n) is 13.8. The molecule has 2 aromatic rings. The molecule has 0 N–H and O–H groups in total. The maximum absolute atomic E-state index is 12.7. The third kappa shape index (κ3) is 3.05. The van der Waals surface area contributed by atoms with Crippen molar-refractivity contribution in [1.29, 1.82) is 0 Å². The molecular formula is C17H21N5OS. The van der Waals surface area contributed by atoms with Crippen LogP contribution >= 0.6 is 11.8 Å². The number of benzene rings is 1. The van der Waals surface area contributed by atoms with Crippen LogP contribution in [0.1, 0.15) is 48.9 Å². The van der Waals surface area contributed by atoms with Crippen molar-refractivity contribution in [2.75, 3.05) is 12.8 Å². The summed E-state index contributed by atoms with van der Waals surface area (Å²) in [6.07, 6.45) is 5.53. The third-order valence-corrected chi connectivity index (χ3v) is 5.80. The van der Waals surface area contributed by atoms with Crippen molar-refractivity contribution in [2.45, 2.75) is 49.3 Å². The fourth-order valence-corrected chi connectivity index (χ4v) is 4.23. The van der Waals surface area contributed by atoms with E-state index >= 15 is 0 Å². The molecule has 0 spiro atoms. The molecule has 1 amide bonds. The van der Waals surface area contributed by atoms with Crippen molar-refractivity contribution in [3.05, 3.63) is 35.4 Å². The van der Waals surface area contributed by atoms with Gasteiger partial charge in [0, 0.05) is 7.05 Å². The van der Waals surface area contributed by atoms with Gasteiger partial charge in [0.1, 0.15) is 0 Å². The van der Waals surface area contributed by atoms with E-state index in [1.54, 1.807) is 0 Å². The molecule has 4 rings (SSSR count). The Kier molecular flexibility index (Phi) is 4.26. The van der Waals surface area contributed by atoms with Crippen molar-refractivity contribution in [3.8, 4) is 0 Å². The Balaban J connectivity index is 1.42. The molecule has 1 fully saturated rings. The van der Waals surface area contributed by atoms with E-state index in [2.05, 4.69) is 39.8 Å². The highest BCUT2D eigenvalue weighted by molar-refractivity contribution is 7.99. The van der Waals surface area contributed by atoms with Gasteiger partial charge in [-0.1, -0.05) is 36.0 Å². The van der Waals surface area contributed by atoms with E-state index < -0.39 is 0 Å². The highest BCUT2D eigenvalue weighted by atomic mass is 32.2. The number of aryl methyl sites for hydroxylation is 1. The number of aromatic nitrogens is 4. The van der Waals surface area contributed by atoms with Gasteiger partial charge in [0.15, 0.2) is 0 Å². The Bertz CT molecular complexity index is 742. The molecule has 2 aliphatic carbocycles. The fourth-order valence-electron chi connectivity index (χ4n) is 3.36. The first-order valence-corrected chi connectivity index (χ1v) is 9.46. The van der Waals surface area contributed by atoms with Crippen LogP contribution < -0.4 is 0 Å². The molecule has 0 radical (unpaired) electrons. The van der Waals surface area contributed by atoms with Gasteiger partial charge in [0.2, 0.25) is 11.1 Å². The Labute approximate surface area is 145 Å². The second-order valence-electron chi connectivity index (χ2n) is 6.54. The lowest BCUT2D eigenvalue weighted by atomic mass is 9.87. The number of hydrogen-bond donors (Lipinski definition) is 0. The van der Waals surface area contributed by atoms with Crippen molar-refractivity contribution in [1.82, 2.24) is 25.1 Å². The molecular weight excluding hydrogens is 322 g/mol. The van der Waals surface area contributed by atoms with Gasteiger partial charge >= 0.3 is 0 Å². The average molecular weight is 343 g/mol. The van der Waals surface area contributed by atoms with Gasteiger partial charge in [-0.3, -0.25) is 4.79 Å². The predicted octanol–water partition coefficient (Wildman–Crippen LogP) is 2.64. The molecule has 1 saturated carbocycles. The molecule has 1 unspecified atom stereocenters. The Hall–Kier alpha value is -1.89. The lowest BCUT2D eigenvalue weighted by Crippen LogP contribution is -2.34. The lowest BCUT2D eigenvalue weighted by molar-refractivity contribution is -0.129. The first-order chi connectivity index (χ1) is 11.7. The Morgan fingerprint density at radius 3 is 3.00 bits per heavy atom. The van der Waals surface area contributed by atoms with E-state index in [1.807, 2.05) is 16.6 Å². The monoisotopic (exact) mass is 343 g/mol. The summed E-state index contributed by atoms with van der Waals surface area (Å²) in [6, 6.07) is 9.09. The van der Waals surface area contributed by atoms with Gasteiger partial charge in [0.25, 0.3) is 0 Å². The molecule has 0 bridgehead atoms. The summed E-state index contributed by atoms with van der Waals surface area (Å²) < 4.78 is 1.86. The van der Waals surface area contributed by atoms with Crippen molar-refractivity contribution in [3.63, 3.8) is 0 Å². The number of fused-ring (bicyclic) bond motifs is 1.